The van der Waals surface area contributed by atoms with Crippen molar-refractivity contribution in [1.82, 2.24) is 9.80 Å². The molecular weight excluding hydrogens is 396 g/mol. The summed E-state index contributed by atoms with van der Waals surface area (Å²) in [7, 11) is 3.35. The second-order valence-electron chi connectivity index (χ2n) is 8.54. The first-order chi connectivity index (χ1) is 14.9. The standard InChI is InChI=1S/C24H34N2O5/c1-4-31-24(29)19-9-6-12-26(15-19)23(28)16-25(2)22(27)14-18-8-5-7-17-13-20(30-3)10-11-21(17)18/h10-11,13,18-19H,4-9,12,14-16H2,1-3H3. The number of fused-ring (bicyclic) bond motifs is 1. The zero-order valence-electron chi connectivity index (χ0n) is 18.9. The van der Waals surface area contributed by atoms with E-state index in [-0.39, 0.29) is 36.2 Å². The number of carbonyl (C=O) groups is 3. The quantitative estimate of drug-likeness (QED) is 0.622. The number of carbonyl (C=O) groups excluding carboxylic acids is 3. The molecule has 2 aliphatic rings. The Morgan fingerprint density at radius 3 is 2.74 bits per heavy atom. The van der Waals surface area contributed by atoms with E-state index in [4.69, 9.17) is 9.47 Å². The zero-order valence-corrected chi connectivity index (χ0v) is 18.9. The van der Waals surface area contributed by atoms with Gasteiger partial charge in [-0.1, -0.05) is 6.07 Å². The number of likely N-dealkylation sites (N-methyl/N-ethyl adjacent to an activating group) is 1. The van der Waals surface area contributed by atoms with E-state index >= 15 is 0 Å². The summed E-state index contributed by atoms with van der Waals surface area (Å²) in [5.41, 5.74) is 2.47. The summed E-state index contributed by atoms with van der Waals surface area (Å²) in [5, 5.41) is 0. The third kappa shape index (κ3) is 5.77. The van der Waals surface area contributed by atoms with Crippen LogP contribution >= 0.6 is 0 Å². The molecule has 1 saturated heterocycles. The van der Waals surface area contributed by atoms with Gasteiger partial charge in [0.25, 0.3) is 0 Å². The highest BCUT2D eigenvalue weighted by Crippen LogP contribution is 2.36. The molecule has 1 heterocycles. The van der Waals surface area contributed by atoms with E-state index < -0.39 is 0 Å². The molecule has 1 aliphatic heterocycles. The Labute approximate surface area is 184 Å². The number of methoxy groups -OCH3 is 1. The summed E-state index contributed by atoms with van der Waals surface area (Å²) in [6.07, 6.45) is 4.93. The number of esters is 1. The zero-order chi connectivity index (χ0) is 22.4. The summed E-state index contributed by atoms with van der Waals surface area (Å²) in [5.74, 6) is 0.366. The highest BCUT2D eigenvalue weighted by molar-refractivity contribution is 5.85. The predicted molar refractivity (Wildman–Crippen MR) is 117 cm³/mol. The number of ether oxygens (including phenoxy) is 2. The van der Waals surface area contributed by atoms with Gasteiger partial charge in [0.1, 0.15) is 5.75 Å². The van der Waals surface area contributed by atoms with Crippen LogP contribution in [0.5, 0.6) is 5.75 Å². The number of aryl methyl sites for hydroxylation is 1. The average molecular weight is 431 g/mol. The third-order valence-corrected chi connectivity index (χ3v) is 6.40. The minimum atomic E-state index is -0.269. The van der Waals surface area contributed by atoms with Crippen molar-refractivity contribution in [1.29, 1.82) is 0 Å². The monoisotopic (exact) mass is 430 g/mol. The Balaban J connectivity index is 1.55. The fourth-order valence-corrected chi connectivity index (χ4v) is 4.64. The fourth-order valence-electron chi connectivity index (χ4n) is 4.64. The van der Waals surface area contributed by atoms with E-state index in [1.807, 2.05) is 6.07 Å². The number of nitrogens with zero attached hydrogens (tertiary/aromatic N) is 2. The molecule has 1 aliphatic carbocycles. The van der Waals surface area contributed by atoms with Crippen LogP contribution < -0.4 is 4.74 Å². The lowest BCUT2D eigenvalue weighted by molar-refractivity contribution is -0.152. The van der Waals surface area contributed by atoms with Crippen molar-refractivity contribution in [2.45, 2.75) is 51.4 Å². The third-order valence-electron chi connectivity index (χ3n) is 6.40. The SMILES string of the molecule is CCOC(=O)C1CCCN(C(=O)CN(C)C(=O)CC2CCCc3cc(OC)ccc32)C1. The van der Waals surface area contributed by atoms with E-state index in [0.29, 0.717) is 26.1 Å². The Hall–Kier alpha value is -2.57. The van der Waals surface area contributed by atoms with Gasteiger partial charge in [-0.3, -0.25) is 14.4 Å². The molecule has 0 aromatic heterocycles. The molecule has 0 spiro atoms. The van der Waals surface area contributed by atoms with Crippen LogP contribution in [0.3, 0.4) is 0 Å². The van der Waals surface area contributed by atoms with Crippen molar-refractivity contribution in [3.63, 3.8) is 0 Å². The van der Waals surface area contributed by atoms with Crippen molar-refractivity contribution >= 4 is 17.8 Å². The lowest BCUT2D eigenvalue weighted by Gasteiger charge is -2.33. The molecule has 170 valence electrons. The molecule has 2 unspecified atom stereocenters. The lowest BCUT2D eigenvalue weighted by Crippen LogP contribution is -2.47. The second kappa shape index (κ2) is 10.6. The Morgan fingerprint density at radius 1 is 1.19 bits per heavy atom. The molecule has 1 fully saturated rings. The van der Waals surface area contributed by atoms with Crippen LogP contribution in [0, 0.1) is 5.92 Å². The molecule has 0 saturated carbocycles. The van der Waals surface area contributed by atoms with Gasteiger partial charge >= 0.3 is 5.97 Å². The smallest absolute Gasteiger partial charge is 0.310 e. The highest BCUT2D eigenvalue weighted by Gasteiger charge is 2.31. The molecule has 2 atom stereocenters. The van der Waals surface area contributed by atoms with Crippen molar-refractivity contribution in [3.8, 4) is 5.75 Å². The number of likely N-dealkylation sites (tertiary alicyclic amines) is 1. The summed E-state index contributed by atoms with van der Waals surface area (Å²) in [6.45, 7) is 3.16. The molecule has 1 aromatic rings. The first kappa shape index (κ1) is 23.1. The maximum absolute atomic E-state index is 12.9. The van der Waals surface area contributed by atoms with Gasteiger partial charge in [0.15, 0.2) is 0 Å². The maximum atomic E-state index is 12.9. The van der Waals surface area contributed by atoms with E-state index in [0.717, 1.165) is 37.9 Å². The van der Waals surface area contributed by atoms with Crippen molar-refractivity contribution in [2.75, 3.05) is 40.4 Å². The number of hydrogen-bond acceptors (Lipinski definition) is 5. The first-order valence-electron chi connectivity index (χ1n) is 11.3. The summed E-state index contributed by atoms with van der Waals surface area (Å²) in [4.78, 5) is 40.9. The van der Waals surface area contributed by atoms with E-state index in [2.05, 4.69) is 12.1 Å². The molecule has 3 rings (SSSR count). The van der Waals surface area contributed by atoms with Crippen LogP contribution in [0.25, 0.3) is 0 Å². The van der Waals surface area contributed by atoms with E-state index in [9.17, 15) is 14.4 Å². The number of piperidine rings is 1. The van der Waals surface area contributed by atoms with Crippen molar-refractivity contribution in [2.24, 2.45) is 5.92 Å². The van der Waals surface area contributed by atoms with Crippen LogP contribution in [-0.4, -0.2) is 68.0 Å². The number of amides is 2. The van der Waals surface area contributed by atoms with E-state index in [1.165, 1.54) is 16.0 Å². The number of rotatable bonds is 7. The number of benzene rings is 1. The van der Waals surface area contributed by atoms with Crippen LogP contribution in [0.4, 0.5) is 0 Å². The highest BCUT2D eigenvalue weighted by atomic mass is 16.5. The van der Waals surface area contributed by atoms with E-state index in [1.54, 1.807) is 26.0 Å². The van der Waals surface area contributed by atoms with Crippen LogP contribution in [0.15, 0.2) is 18.2 Å². The van der Waals surface area contributed by atoms with Gasteiger partial charge in [-0.15, -0.1) is 0 Å². The molecule has 7 heteroatoms. The molecule has 2 amide bonds. The second-order valence-corrected chi connectivity index (χ2v) is 8.54. The summed E-state index contributed by atoms with van der Waals surface area (Å²) in [6, 6.07) is 6.08. The topological polar surface area (TPSA) is 76.2 Å². The molecule has 0 N–H and O–H groups in total. The minimum absolute atomic E-state index is 0.0269. The first-order valence-corrected chi connectivity index (χ1v) is 11.3. The Morgan fingerprint density at radius 2 is 2.00 bits per heavy atom. The van der Waals surface area contributed by atoms with Crippen molar-refractivity contribution in [3.05, 3.63) is 29.3 Å². The molecule has 0 bridgehead atoms. The fraction of sp³-hybridized carbons (Fsp3) is 0.625. The van der Waals surface area contributed by atoms with Gasteiger partial charge in [0.2, 0.25) is 11.8 Å². The summed E-state index contributed by atoms with van der Waals surface area (Å²) >= 11 is 0. The minimum Gasteiger partial charge on any atom is -0.497 e. The van der Waals surface area contributed by atoms with Gasteiger partial charge in [-0.05, 0) is 68.2 Å². The van der Waals surface area contributed by atoms with Gasteiger partial charge in [0.05, 0.1) is 26.2 Å². The molecular formula is C24H34N2O5. The van der Waals surface area contributed by atoms with Crippen LogP contribution in [-0.2, 0) is 25.5 Å². The average Bonchev–Trinajstić information content (AvgIpc) is 2.79. The van der Waals surface area contributed by atoms with Crippen LogP contribution in [0.2, 0.25) is 0 Å². The lowest BCUT2D eigenvalue weighted by atomic mass is 9.81. The van der Waals surface area contributed by atoms with Gasteiger partial charge in [0, 0.05) is 26.6 Å². The normalized spacial score (nSPS) is 20.5. The summed E-state index contributed by atoms with van der Waals surface area (Å²) < 4.78 is 10.4. The van der Waals surface area contributed by atoms with Crippen molar-refractivity contribution < 1.29 is 23.9 Å². The number of hydrogen-bond donors (Lipinski definition) is 0. The Bertz CT molecular complexity index is 809. The Kier molecular flexibility index (Phi) is 7.93. The molecule has 0 radical (unpaired) electrons. The largest absolute Gasteiger partial charge is 0.497 e. The maximum Gasteiger partial charge on any atom is 0.310 e. The van der Waals surface area contributed by atoms with Gasteiger partial charge in [-0.2, -0.15) is 0 Å². The molecule has 31 heavy (non-hydrogen) atoms. The van der Waals surface area contributed by atoms with Gasteiger partial charge in [-0.25, -0.2) is 0 Å². The predicted octanol–water partition coefficient (Wildman–Crippen LogP) is 2.77. The van der Waals surface area contributed by atoms with Gasteiger partial charge < -0.3 is 19.3 Å². The molecule has 1 aromatic carbocycles. The molecule has 7 nitrogen and oxygen atoms in total. The van der Waals surface area contributed by atoms with Crippen LogP contribution in [0.1, 0.15) is 56.1 Å².